The first-order valence-electron chi connectivity index (χ1n) is 6.51. The van der Waals surface area contributed by atoms with Gasteiger partial charge in [-0.1, -0.05) is 18.2 Å². The fourth-order valence-electron chi connectivity index (χ4n) is 2.02. The van der Waals surface area contributed by atoms with Crippen LogP contribution in [0.3, 0.4) is 0 Å². The van der Waals surface area contributed by atoms with Gasteiger partial charge in [0.05, 0.1) is 0 Å². The van der Waals surface area contributed by atoms with E-state index in [4.69, 9.17) is 5.73 Å². The van der Waals surface area contributed by atoms with E-state index in [1.165, 1.54) is 0 Å². The molecule has 21 heavy (non-hydrogen) atoms. The first-order chi connectivity index (χ1) is 9.97. The molecule has 0 atom stereocenters. The van der Waals surface area contributed by atoms with Gasteiger partial charge in [0.2, 0.25) is 5.91 Å². The first kappa shape index (κ1) is 14.6. The zero-order valence-electron chi connectivity index (χ0n) is 11.9. The summed E-state index contributed by atoms with van der Waals surface area (Å²) in [6, 6.07) is 12.1. The molecular weight excluding hydrogens is 266 g/mol. The van der Waals surface area contributed by atoms with Crippen molar-refractivity contribution in [1.29, 1.82) is 0 Å². The largest absolute Gasteiger partial charge is 0.366 e. The van der Waals surface area contributed by atoms with Gasteiger partial charge >= 0.3 is 6.03 Å². The van der Waals surface area contributed by atoms with Crippen LogP contribution in [0.25, 0.3) is 0 Å². The average molecular weight is 283 g/mol. The Hall–Kier alpha value is -2.82. The molecule has 2 rings (SSSR count). The maximum absolute atomic E-state index is 12.0. The molecule has 5 heteroatoms. The fourth-order valence-corrected chi connectivity index (χ4v) is 2.02. The molecule has 0 saturated carbocycles. The normalized spacial score (nSPS) is 10.0. The maximum atomic E-state index is 12.0. The molecule has 0 saturated heterocycles. The second kappa shape index (κ2) is 6.09. The highest BCUT2D eigenvalue weighted by Gasteiger charge is 2.08. The number of aryl methyl sites for hydroxylation is 2. The zero-order chi connectivity index (χ0) is 15.4. The van der Waals surface area contributed by atoms with Gasteiger partial charge < -0.3 is 16.4 Å². The van der Waals surface area contributed by atoms with Crippen molar-refractivity contribution in [1.82, 2.24) is 0 Å². The number of urea groups is 1. The van der Waals surface area contributed by atoms with Crippen molar-refractivity contribution < 1.29 is 9.59 Å². The minimum atomic E-state index is -0.483. The van der Waals surface area contributed by atoms with E-state index < -0.39 is 5.91 Å². The monoisotopic (exact) mass is 283 g/mol. The van der Waals surface area contributed by atoms with E-state index in [1.807, 2.05) is 31.2 Å². The van der Waals surface area contributed by atoms with Crippen LogP contribution in [0.1, 0.15) is 21.5 Å². The molecule has 0 aliphatic rings. The quantitative estimate of drug-likeness (QED) is 0.808. The Morgan fingerprint density at radius 2 is 1.67 bits per heavy atom. The number of nitrogens with two attached hydrogens (primary N) is 1. The van der Waals surface area contributed by atoms with Gasteiger partial charge in [-0.15, -0.1) is 0 Å². The SMILES string of the molecule is Cc1ccccc1NC(=O)Nc1ccc(C(N)=O)c(C)c1. The third-order valence-corrected chi connectivity index (χ3v) is 3.14. The number of carbonyl (C=O) groups is 2. The number of para-hydroxylation sites is 1. The van der Waals surface area contributed by atoms with E-state index in [0.717, 1.165) is 16.8 Å². The Kier molecular flexibility index (Phi) is 4.23. The van der Waals surface area contributed by atoms with Gasteiger partial charge in [0.25, 0.3) is 0 Å². The number of amides is 3. The topological polar surface area (TPSA) is 84.2 Å². The molecule has 4 N–H and O–H groups in total. The number of hydrogen-bond acceptors (Lipinski definition) is 2. The molecule has 2 aromatic carbocycles. The van der Waals surface area contributed by atoms with Gasteiger partial charge in [-0.2, -0.15) is 0 Å². The summed E-state index contributed by atoms with van der Waals surface area (Å²) in [5.41, 5.74) is 8.74. The van der Waals surface area contributed by atoms with Crippen molar-refractivity contribution in [3.8, 4) is 0 Å². The number of carbonyl (C=O) groups excluding carboxylic acids is 2. The lowest BCUT2D eigenvalue weighted by Gasteiger charge is -2.11. The Morgan fingerprint density at radius 3 is 2.29 bits per heavy atom. The highest BCUT2D eigenvalue weighted by Crippen LogP contribution is 2.16. The lowest BCUT2D eigenvalue weighted by molar-refractivity contribution is 0.0999. The van der Waals surface area contributed by atoms with Crippen LogP contribution in [-0.4, -0.2) is 11.9 Å². The van der Waals surface area contributed by atoms with Crippen LogP contribution in [0.4, 0.5) is 16.2 Å². The van der Waals surface area contributed by atoms with Gasteiger partial charge in [0.1, 0.15) is 0 Å². The predicted octanol–water partition coefficient (Wildman–Crippen LogP) is 3.05. The Bertz CT molecular complexity index is 696. The van der Waals surface area contributed by atoms with Crippen LogP contribution in [-0.2, 0) is 0 Å². The number of hydrogen-bond donors (Lipinski definition) is 3. The van der Waals surface area contributed by atoms with E-state index in [0.29, 0.717) is 11.3 Å². The molecule has 3 amide bonds. The summed E-state index contributed by atoms with van der Waals surface area (Å²) in [6.07, 6.45) is 0. The molecule has 2 aromatic rings. The molecule has 0 aromatic heterocycles. The lowest BCUT2D eigenvalue weighted by atomic mass is 10.1. The fraction of sp³-hybridized carbons (Fsp3) is 0.125. The molecule has 108 valence electrons. The number of rotatable bonds is 3. The second-order valence-electron chi connectivity index (χ2n) is 4.79. The molecule has 0 unspecified atom stereocenters. The van der Waals surface area contributed by atoms with E-state index in [1.54, 1.807) is 25.1 Å². The third-order valence-electron chi connectivity index (χ3n) is 3.14. The van der Waals surface area contributed by atoms with Gasteiger partial charge in [0, 0.05) is 16.9 Å². The van der Waals surface area contributed by atoms with Crippen LogP contribution in [0.2, 0.25) is 0 Å². The van der Waals surface area contributed by atoms with Crippen LogP contribution >= 0.6 is 0 Å². The van der Waals surface area contributed by atoms with Crippen molar-refractivity contribution in [2.75, 3.05) is 10.6 Å². The van der Waals surface area contributed by atoms with Gasteiger partial charge in [0.15, 0.2) is 0 Å². The van der Waals surface area contributed by atoms with Crippen LogP contribution in [0, 0.1) is 13.8 Å². The Morgan fingerprint density at radius 1 is 0.952 bits per heavy atom. The molecule has 0 radical (unpaired) electrons. The second-order valence-corrected chi connectivity index (χ2v) is 4.79. The van der Waals surface area contributed by atoms with E-state index in [-0.39, 0.29) is 6.03 Å². The van der Waals surface area contributed by atoms with E-state index >= 15 is 0 Å². The summed E-state index contributed by atoms with van der Waals surface area (Å²) < 4.78 is 0. The van der Waals surface area contributed by atoms with Crippen LogP contribution < -0.4 is 16.4 Å². The molecule has 0 spiro atoms. The zero-order valence-corrected chi connectivity index (χ0v) is 11.9. The molecule has 0 heterocycles. The van der Waals surface area contributed by atoms with Gasteiger partial charge in [-0.25, -0.2) is 4.79 Å². The van der Waals surface area contributed by atoms with Crippen LogP contribution in [0.15, 0.2) is 42.5 Å². The summed E-state index contributed by atoms with van der Waals surface area (Å²) in [7, 11) is 0. The first-order valence-corrected chi connectivity index (χ1v) is 6.51. The molecule has 0 fully saturated rings. The van der Waals surface area contributed by atoms with Gasteiger partial charge in [-0.3, -0.25) is 4.79 Å². The summed E-state index contributed by atoms with van der Waals surface area (Å²) in [4.78, 5) is 23.1. The third kappa shape index (κ3) is 3.60. The predicted molar refractivity (Wildman–Crippen MR) is 83.5 cm³/mol. The Labute approximate surface area is 123 Å². The lowest BCUT2D eigenvalue weighted by Crippen LogP contribution is -2.20. The summed E-state index contributed by atoms with van der Waals surface area (Å²) >= 11 is 0. The summed E-state index contributed by atoms with van der Waals surface area (Å²) in [5.74, 6) is -0.483. The van der Waals surface area contributed by atoms with Crippen molar-refractivity contribution in [3.63, 3.8) is 0 Å². The minimum absolute atomic E-state index is 0.337. The van der Waals surface area contributed by atoms with E-state index in [9.17, 15) is 9.59 Å². The standard InChI is InChI=1S/C16H17N3O2/c1-10-5-3-4-6-14(10)19-16(21)18-12-7-8-13(15(17)20)11(2)9-12/h3-9H,1-2H3,(H2,17,20)(H2,18,19,21). The van der Waals surface area contributed by atoms with Crippen molar-refractivity contribution in [2.45, 2.75) is 13.8 Å². The molecule has 5 nitrogen and oxygen atoms in total. The summed E-state index contributed by atoms with van der Waals surface area (Å²) in [5, 5.41) is 5.50. The maximum Gasteiger partial charge on any atom is 0.323 e. The van der Waals surface area contributed by atoms with Crippen molar-refractivity contribution in [2.24, 2.45) is 5.73 Å². The highest BCUT2D eigenvalue weighted by molar-refractivity contribution is 6.01. The van der Waals surface area contributed by atoms with Crippen molar-refractivity contribution in [3.05, 3.63) is 59.2 Å². The number of primary amides is 1. The van der Waals surface area contributed by atoms with Crippen LogP contribution in [0.5, 0.6) is 0 Å². The summed E-state index contributed by atoms with van der Waals surface area (Å²) in [6.45, 7) is 3.69. The molecule has 0 aliphatic carbocycles. The van der Waals surface area contributed by atoms with Crippen molar-refractivity contribution >= 4 is 23.3 Å². The van der Waals surface area contributed by atoms with Gasteiger partial charge in [-0.05, 0) is 49.2 Å². The molecule has 0 bridgehead atoms. The Balaban J connectivity index is 2.08. The number of nitrogens with one attached hydrogen (secondary N) is 2. The highest BCUT2D eigenvalue weighted by atomic mass is 16.2. The molecular formula is C16H17N3O2. The average Bonchev–Trinajstić information content (AvgIpc) is 2.41. The smallest absolute Gasteiger partial charge is 0.323 e. The number of benzene rings is 2. The number of anilines is 2. The molecule has 0 aliphatic heterocycles. The van der Waals surface area contributed by atoms with E-state index in [2.05, 4.69) is 10.6 Å². The minimum Gasteiger partial charge on any atom is -0.366 e.